The second-order valence-corrected chi connectivity index (χ2v) is 6.42. The average molecular weight is 316 g/mol. The molecule has 0 aromatic heterocycles. The quantitative estimate of drug-likeness (QED) is 0.837. The lowest BCUT2D eigenvalue weighted by Crippen LogP contribution is -2.50. The van der Waals surface area contributed by atoms with Gasteiger partial charge in [0.2, 0.25) is 11.8 Å². The predicted molar refractivity (Wildman–Crippen MR) is 86.5 cm³/mol. The highest BCUT2D eigenvalue weighted by Crippen LogP contribution is 2.28. The van der Waals surface area contributed by atoms with Gasteiger partial charge in [-0.25, -0.2) is 0 Å². The van der Waals surface area contributed by atoms with Gasteiger partial charge in [-0.2, -0.15) is 0 Å². The zero-order valence-corrected chi connectivity index (χ0v) is 13.4. The van der Waals surface area contributed by atoms with Crippen molar-refractivity contribution in [2.45, 2.75) is 50.7 Å². The third kappa shape index (κ3) is 3.46. The van der Waals surface area contributed by atoms with Gasteiger partial charge < -0.3 is 5.11 Å². The minimum atomic E-state index is -0.344. The van der Waals surface area contributed by atoms with Gasteiger partial charge in [0.15, 0.2) is 0 Å². The largest absolute Gasteiger partial charge is 0.396 e. The zero-order chi connectivity index (χ0) is 16.2. The van der Waals surface area contributed by atoms with Crippen LogP contribution in [0.3, 0.4) is 0 Å². The van der Waals surface area contributed by atoms with Crippen LogP contribution in [-0.4, -0.2) is 52.0 Å². The number of aliphatic hydroxyl groups is 1. The minimum absolute atomic E-state index is 0.0799. The summed E-state index contributed by atoms with van der Waals surface area (Å²) in [6.45, 7) is 1.32. The fourth-order valence-electron chi connectivity index (χ4n) is 3.75. The summed E-state index contributed by atoms with van der Waals surface area (Å²) in [4.78, 5) is 28.7. The summed E-state index contributed by atoms with van der Waals surface area (Å²) in [6, 6.07) is 9.49. The number of imide groups is 1. The molecule has 1 aromatic carbocycles. The third-order valence-electron chi connectivity index (χ3n) is 4.94. The van der Waals surface area contributed by atoms with Crippen LogP contribution in [0.1, 0.15) is 37.7 Å². The van der Waals surface area contributed by atoms with Crippen LogP contribution in [-0.2, 0) is 16.1 Å². The molecule has 2 heterocycles. The molecule has 2 aliphatic heterocycles. The van der Waals surface area contributed by atoms with Gasteiger partial charge in [-0.3, -0.25) is 19.4 Å². The number of aliphatic hydroxyl groups excluding tert-OH is 1. The normalized spacial score (nSPS) is 26.0. The summed E-state index contributed by atoms with van der Waals surface area (Å²) in [7, 11) is 0. The number of piperidine rings is 1. The zero-order valence-electron chi connectivity index (χ0n) is 13.4. The van der Waals surface area contributed by atoms with Crippen LogP contribution in [0.5, 0.6) is 0 Å². The first-order valence-corrected chi connectivity index (χ1v) is 8.45. The standard InChI is InChI=1S/C18H24N2O3/c21-11-9-15-8-4-5-10-19(15)16-12-17(22)20(18(16)23)13-14-6-2-1-3-7-14/h1-3,6-7,15-16,21H,4-5,8-13H2. The molecule has 2 amide bonds. The van der Waals surface area contributed by atoms with Gasteiger partial charge in [-0.15, -0.1) is 0 Å². The Labute approximate surface area is 136 Å². The summed E-state index contributed by atoms with van der Waals surface area (Å²) in [5, 5.41) is 9.25. The van der Waals surface area contributed by atoms with Crippen molar-refractivity contribution in [3.8, 4) is 0 Å². The Hall–Kier alpha value is -1.72. The van der Waals surface area contributed by atoms with E-state index in [-0.39, 0.29) is 36.9 Å². The Morgan fingerprint density at radius 3 is 2.65 bits per heavy atom. The number of amides is 2. The topological polar surface area (TPSA) is 60.9 Å². The van der Waals surface area contributed by atoms with Crippen molar-refractivity contribution in [1.29, 1.82) is 0 Å². The number of hydrogen-bond donors (Lipinski definition) is 1. The molecule has 1 aromatic rings. The third-order valence-corrected chi connectivity index (χ3v) is 4.94. The molecule has 5 nitrogen and oxygen atoms in total. The van der Waals surface area contributed by atoms with Crippen LogP contribution in [0.25, 0.3) is 0 Å². The molecule has 2 saturated heterocycles. The lowest BCUT2D eigenvalue weighted by molar-refractivity contribution is -0.141. The number of nitrogens with zero attached hydrogens (tertiary/aromatic N) is 2. The number of likely N-dealkylation sites (tertiary alicyclic amines) is 2. The van der Waals surface area contributed by atoms with Crippen LogP contribution < -0.4 is 0 Å². The molecule has 0 radical (unpaired) electrons. The van der Waals surface area contributed by atoms with E-state index in [0.29, 0.717) is 13.0 Å². The molecular formula is C18H24N2O3. The second kappa shape index (κ2) is 7.23. The molecule has 0 aliphatic carbocycles. The highest BCUT2D eigenvalue weighted by Gasteiger charge is 2.44. The molecule has 0 saturated carbocycles. The smallest absolute Gasteiger partial charge is 0.247 e. The summed E-state index contributed by atoms with van der Waals surface area (Å²) < 4.78 is 0. The Bertz CT molecular complexity index is 559. The summed E-state index contributed by atoms with van der Waals surface area (Å²) in [6.07, 6.45) is 4.13. The number of carbonyl (C=O) groups excluding carboxylic acids is 2. The maximum absolute atomic E-state index is 12.8. The first kappa shape index (κ1) is 16.1. The second-order valence-electron chi connectivity index (χ2n) is 6.42. The Morgan fingerprint density at radius 2 is 1.91 bits per heavy atom. The fraction of sp³-hybridized carbons (Fsp3) is 0.556. The van der Waals surface area contributed by atoms with Gasteiger partial charge in [0, 0.05) is 12.6 Å². The van der Waals surface area contributed by atoms with Gasteiger partial charge in [0.1, 0.15) is 0 Å². The molecule has 5 heteroatoms. The highest BCUT2D eigenvalue weighted by molar-refractivity contribution is 6.05. The van der Waals surface area contributed by atoms with Crippen molar-refractivity contribution in [2.75, 3.05) is 13.2 Å². The van der Waals surface area contributed by atoms with Crippen LogP contribution in [0.4, 0.5) is 0 Å². The van der Waals surface area contributed by atoms with E-state index < -0.39 is 0 Å². The Balaban J connectivity index is 1.72. The molecule has 0 spiro atoms. The number of rotatable bonds is 5. The van der Waals surface area contributed by atoms with Crippen LogP contribution in [0.15, 0.2) is 30.3 Å². The van der Waals surface area contributed by atoms with E-state index in [1.165, 1.54) is 4.90 Å². The Kier molecular flexibility index (Phi) is 5.08. The highest BCUT2D eigenvalue weighted by atomic mass is 16.3. The van der Waals surface area contributed by atoms with Crippen molar-refractivity contribution in [3.05, 3.63) is 35.9 Å². The van der Waals surface area contributed by atoms with E-state index in [2.05, 4.69) is 4.90 Å². The maximum atomic E-state index is 12.8. The van der Waals surface area contributed by atoms with Gasteiger partial charge >= 0.3 is 0 Å². The molecule has 3 rings (SSSR count). The van der Waals surface area contributed by atoms with Crippen molar-refractivity contribution in [2.24, 2.45) is 0 Å². The average Bonchev–Trinajstić information content (AvgIpc) is 2.85. The monoisotopic (exact) mass is 316 g/mol. The predicted octanol–water partition coefficient (Wildman–Crippen LogP) is 1.55. The van der Waals surface area contributed by atoms with Gasteiger partial charge in [-0.1, -0.05) is 36.8 Å². The van der Waals surface area contributed by atoms with Crippen molar-refractivity contribution < 1.29 is 14.7 Å². The van der Waals surface area contributed by atoms with E-state index in [9.17, 15) is 14.7 Å². The van der Waals surface area contributed by atoms with Crippen molar-refractivity contribution in [3.63, 3.8) is 0 Å². The summed E-state index contributed by atoms with van der Waals surface area (Å²) in [5.41, 5.74) is 0.973. The minimum Gasteiger partial charge on any atom is -0.396 e. The van der Waals surface area contributed by atoms with E-state index >= 15 is 0 Å². The first-order valence-electron chi connectivity index (χ1n) is 8.45. The first-order chi connectivity index (χ1) is 11.2. The SMILES string of the molecule is O=C1CC(N2CCCCC2CCO)C(=O)N1Cc1ccccc1. The molecule has 0 bridgehead atoms. The number of hydrogen-bond acceptors (Lipinski definition) is 4. The molecule has 23 heavy (non-hydrogen) atoms. The van der Waals surface area contributed by atoms with E-state index in [0.717, 1.165) is 31.4 Å². The lowest BCUT2D eigenvalue weighted by atomic mass is 9.97. The molecule has 2 unspecified atom stereocenters. The van der Waals surface area contributed by atoms with E-state index in [1.807, 2.05) is 30.3 Å². The van der Waals surface area contributed by atoms with Crippen LogP contribution >= 0.6 is 0 Å². The summed E-state index contributed by atoms with van der Waals surface area (Å²) >= 11 is 0. The molecule has 2 atom stereocenters. The molecule has 2 aliphatic rings. The molecule has 124 valence electrons. The summed E-state index contributed by atoms with van der Waals surface area (Å²) in [5.74, 6) is -0.166. The number of carbonyl (C=O) groups is 2. The fourth-order valence-corrected chi connectivity index (χ4v) is 3.75. The van der Waals surface area contributed by atoms with Crippen LogP contribution in [0, 0.1) is 0 Å². The van der Waals surface area contributed by atoms with Crippen molar-refractivity contribution >= 4 is 11.8 Å². The van der Waals surface area contributed by atoms with Gasteiger partial charge in [-0.05, 0) is 31.4 Å². The van der Waals surface area contributed by atoms with Gasteiger partial charge in [0.05, 0.1) is 19.0 Å². The molecular weight excluding hydrogens is 292 g/mol. The van der Waals surface area contributed by atoms with Crippen LogP contribution in [0.2, 0.25) is 0 Å². The lowest BCUT2D eigenvalue weighted by Gasteiger charge is -2.38. The van der Waals surface area contributed by atoms with E-state index in [1.54, 1.807) is 0 Å². The number of benzene rings is 1. The maximum Gasteiger partial charge on any atom is 0.247 e. The van der Waals surface area contributed by atoms with Gasteiger partial charge in [0.25, 0.3) is 0 Å². The van der Waals surface area contributed by atoms with E-state index in [4.69, 9.17) is 0 Å². The molecule has 2 fully saturated rings. The Morgan fingerprint density at radius 1 is 1.13 bits per heavy atom. The molecule has 1 N–H and O–H groups in total. The van der Waals surface area contributed by atoms with Crippen molar-refractivity contribution in [1.82, 2.24) is 9.80 Å².